The molecule has 0 aromatic carbocycles. The van der Waals surface area contributed by atoms with E-state index in [4.69, 9.17) is 10.3 Å². The summed E-state index contributed by atoms with van der Waals surface area (Å²) in [4.78, 5) is 4.38. The number of rotatable bonds is 6. The van der Waals surface area contributed by atoms with Gasteiger partial charge in [0.05, 0.1) is 6.04 Å². The van der Waals surface area contributed by atoms with Crippen molar-refractivity contribution in [1.29, 1.82) is 0 Å². The van der Waals surface area contributed by atoms with E-state index in [1.54, 1.807) is 0 Å². The van der Waals surface area contributed by atoms with Crippen molar-refractivity contribution >= 4 is 0 Å². The van der Waals surface area contributed by atoms with Gasteiger partial charge in [-0.2, -0.15) is 4.98 Å². The third-order valence-electron chi connectivity index (χ3n) is 2.78. The standard InChI is InChI=1S/C13H25N3O/c1-5-6-7-8-9-10(14)11-15-12(17-16-11)13(2,3)4/h10H,5-9,14H2,1-4H3. The van der Waals surface area contributed by atoms with E-state index in [-0.39, 0.29) is 11.5 Å². The molecule has 0 spiro atoms. The number of nitrogens with zero attached hydrogens (tertiary/aromatic N) is 2. The van der Waals surface area contributed by atoms with Crippen molar-refractivity contribution in [3.63, 3.8) is 0 Å². The molecule has 0 bridgehead atoms. The molecule has 0 radical (unpaired) electrons. The lowest BCUT2D eigenvalue weighted by atomic mass is 9.97. The van der Waals surface area contributed by atoms with E-state index in [1.807, 2.05) is 0 Å². The lowest BCUT2D eigenvalue weighted by molar-refractivity contribution is 0.316. The summed E-state index contributed by atoms with van der Waals surface area (Å²) in [6.07, 6.45) is 5.81. The number of hydrogen-bond donors (Lipinski definition) is 1. The van der Waals surface area contributed by atoms with Gasteiger partial charge in [-0.3, -0.25) is 0 Å². The SMILES string of the molecule is CCCCCCC(N)c1noc(C(C)(C)C)n1. The van der Waals surface area contributed by atoms with Crippen LogP contribution in [0.3, 0.4) is 0 Å². The molecule has 17 heavy (non-hydrogen) atoms. The molecule has 1 atom stereocenters. The third kappa shape index (κ3) is 4.46. The zero-order valence-electron chi connectivity index (χ0n) is 11.5. The Morgan fingerprint density at radius 1 is 1.24 bits per heavy atom. The molecule has 2 N–H and O–H groups in total. The van der Waals surface area contributed by atoms with Crippen LogP contribution >= 0.6 is 0 Å². The van der Waals surface area contributed by atoms with E-state index in [2.05, 4.69) is 37.8 Å². The predicted octanol–water partition coefficient (Wildman–Crippen LogP) is 3.34. The van der Waals surface area contributed by atoms with Crippen molar-refractivity contribution in [2.45, 2.75) is 71.3 Å². The van der Waals surface area contributed by atoms with Gasteiger partial charge in [-0.05, 0) is 6.42 Å². The van der Waals surface area contributed by atoms with Crippen LogP contribution in [0.15, 0.2) is 4.52 Å². The summed E-state index contributed by atoms with van der Waals surface area (Å²) in [6.45, 7) is 8.36. The van der Waals surface area contributed by atoms with Crippen LogP contribution in [-0.2, 0) is 5.41 Å². The molecule has 1 aromatic heterocycles. The van der Waals surface area contributed by atoms with Gasteiger partial charge >= 0.3 is 0 Å². The molecule has 4 nitrogen and oxygen atoms in total. The average molecular weight is 239 g/mol. The van der Waals surface area contributed by atoms with Crippen LogP contribution in [0.1, 0.15) is 77.6 Å². The van der Waals surface area contributed by atoms with Crippen LogP contribution in [0.25, 0.3) is 0 Å². The Hall–Kier alpha value is -0.900. The molecular weight excluding hydrogens is 214 g/mol. The Balaban J connectivity index is 2.47. The Morgan fingerprint density at radius 3 is 2.47 bits per heavy atom. The molecule has 0 fully saturated rings. The van der Waals surface area contributed by atoms with Crippen molar-refractivity contribution < 1.29 is 4.52 Å². The van der Waals surface area contributed by atoms with Crippen molar-refractivity contribution in [3.05, 3.63) is 11.7 Å². The van der Waals surface area contributed by atoms with Crippen molar-refractivity contribution in [3.8, 4) is 0 Å². The molecule has 0 saturated carbocycles. The lowest BCUT2D eigenvalue weighted by Crippen LogP contribution is -2.14. The molecule has 1 heterocycles. The van der Waals surface area contributed by atoms with Crippen LogP contribution in [0.5, 0.6) is 0 Å². The maximum atomic E-state index is 6.05. The van der Waals surface area contributed by atoms with Gasteiger partial charge in [0, 0.05) is 5.41 Å². The van der Waals surface area contributed by atoms with Crippen LogP contribution in [0, 0.1) is 0 Å². The van der Waals surface area contributed by atoms with E-state index in [0.717, 1.165) is 12.8 Å². The normalized spacial score (nSPS) is 13.9. The highest BCUT2D eigenvalue weighted by atomic mass is 16.5. The predicted molar refractivity (Wildman–Crippen MR) is 68.7 cm³/mol. The number of aromatic nitrogens is 2. The van der Waals surface area contributed by atoms with Crippen molar-refractivity contribution in [2.75, 3.05) is 0 Å². The highest BCUT2D eigenvalue weighted by molar-refractivity contribution is 5.00. The third-order valence-corrected chi connectivity index (χ3v) is 2.78. The van der Waals surface area contributed by atoms with Gasteiger partial charge in [-0.1, -0.05) is 58.5 Å². The fourth-order valence-corrected chi connectivity index (χ4v) is 1.61. The lowest BCUT2D eigenvalue weighted by Gasteiger charge is -2.10. The summed E-state index contributed by atoms with van der Waals surface area (Å²) in [7, 11) is 0. The fourth-order valence-electron chi connectivity index (χ4n) is 1.61. The number of unbranched alkanes of at least 4 members (excludes halogenated alkanes) is 3. The summed E-state index contributed by atoms with van der Waals surface area (Å²) < 4.78 is 5.24. The number of nitrogens with two attached hydrogens (primary N) is 1. The summed E-state index contributed by atoms with van der Waals surface area (Å²) in [5, 5.41) is 3.97. The van der Waals surface area contributed by atoms with Gasteiger partial charge in [0.25, 0.3) is 0 Å². The second-order valence-corrected chi connectivity index (χ2v) is 5.66. The maximum Gasteiger partial charge on any atom is 0.232 e. The van der Waals surface area contributed by atoms with Gasteiger partial charge in [0.1, 0.15) is 0 Å². The Bertz CT molecular complexity index is 328. The highest BCUT2D eigenvalue weighted by Crippen LogP contribution is 2.22. The monoisotopic (exact) mass is 239 g/mol. The van der Waals surface area contributed by atoms with E-state index in [9.17, 15) is 0 Å². The average Bonchev–Trinajstić information content (AvgIpc) is 2.72. The summed E-state index contributed by atoms with van der Waals surface area (Å²) in [6, 6.07) is -0.0910. The van der Waals surface area contributed by atoms with Crippen LogP contribution in [0.2, 0.25) is 0 Å². The molecule has 98 valence electrons. The van der Waals surface area contributed by atoms with Gasteiger partial charge in [0.15, 0.2) is 5.82 Å². The van der Waals surface area contributed by atoms with Gasteiger partial charge in [-0.25, -0.2) is 0 Å². The largest absolute Gasteiger partial charge is 0.339 e. The zero-order chi connectivity index (χ0) is 12.9. The summed E-state index contributed by atoms with van der Waals surface area (Å²) >= 11 is 0. The first-order valence-corrected chi connectivity index (χ1v) is 6.54. The van der Waals surface area contributed by atoms with Crippen LogP contribution in [0.4, 0.5) is 0 Å². The van der Waals surface area contributed by atoms with Crippen molar-refractivity contribution in [1.82, 2.24) is 10.1 Å². The molecule has 1 aromatic rings. The zero-order valence-corrected chi connectivity index (χ0v) is 11.5. The molecule has 1 rings (SSSR count). The first-order valence-electron chi connectivity index (χ1n) is 6.54. The molecule has 0 aliphatic rings. The van der Waals surface area contributed by atoms with E-state index >= 15 is 0 Å². The Labute approximate surface area is 104 Å². The Kier molecular flexibility index (Phi) is 5.12. The van der Waals surface area contributed by atoms with E-state index in [0.29, 0.717) is 11.7 Å². The second kappa shape index (κ2) is 6.15. The fraction of sp³-hybridized carbons (Fsp3) is 0.846. The first-order chi connectivity index (χ1) is 7.95. The van der Waals surface area contributed by atoms with Gasteiger partial charge in [-0.15, -0.1) is 0 Å². The molecule has 0 aliphatic carbocycles. The maximum absolute atomic E-state index is 6.05. The van der Waals surface area contributed by atoms with Crippen LogP contribution in [-0.4, -0.2) is 10.1 Å². The van der Waals surface area contributed by atoms with Gasteiger partial charge in [0.2, 0.25) is 5.89 Å². The van der Waals surface area contributed by atoms with E-state index < -0.39 is 0 Å². The minimum absolute atomic E-state index is 0.0910. The van der Waals surface area contributed by atoms with E-state index in [1.165, 1.54) is 19.3 Å². The molecule has 0 aliphatic heterocycles. The molecular formula is C13H25N3O. The van der Waals surface area contributed by atoms with Gasteiger partial charge < -0.3 is 10.3 Å². The Morgan fingerprint density at radius 2 is 1.94 bits per heavy atom. The molecule has 1 unspecified atom stereocenters. The molecule has 4 heteroatoms. The second-order valence-electron chi connectivity index (χ2n) is 5.66. The van der Waals surface area contributed by atoms with Crippen molar-refractivity contribution in [2.24, 2.45) is 5.73 Å². The first kappa shape index (κ1) is 14.2. The summed E-state index contributed by atoms with van der Waals surface area (Å²) in [5.41, 5.74) is 5.94. The minimum Gasteiger partial charge on any atom is -0.339 e. The van der Waals surface area contributed by atoms with Crippen LogP contribution < -0.4 is 5.73 Å². The quantitative estimate of drug-likeness (QED) is 0.773. The topological polar surface area (TPSA) is 64.9 Å². The number of hydrogen-bond acceptors (Lipinski definition) is 4. The minimum atomic E-state index is -0.104. The highest BCUT2D eigenvalue weighted by Gasteiger charge is 2.23. The molecule has 0 amide bonds. The summed E-state index contributed by atoms with van der Waals surface area (Å²) in [5.74, 6) is 1.31. The molecule has 0 saturated heterocycles. The smallest absolute Gasteiger partial charge is 0.232 e.